The molecule has 29 heavy (non-hydrogen) atoms. The van der Waals surface area contributed by atoms with Crippen LogP contribution >= 0.6 is 7.26 Å². The monoisotopic (exact) mass is 396 g/mol. The molecule has 1 heterocycles. The van der Waals surface area contributed by atoms with Gasteiger partial charge in [0.15, 0.2) is 5.28 Å². The molecule has 1 unspecified atom stereocenters. The van der Waals surface area contributed by atoms with Crippen molar-refractivity contribution in [2.45, 2.75) is 12.2 Å². The zero-order valence-electron chi connectivity index (χ0n) is 16.3. The second-order valence-corrected chi connectivity index (χ2v) is 11.3. The number of phenols is 1. The van der Waals surface area contributed by atoms with Crippen molar-refractivity contribution in [3.63, 3.8) is 0 Å². The van der Waals surface area contributed by atoms with E-state index in [0.717, 1.165) is 11.3 Å². The van der Waals surface area contributed by atoms with Crippen molar-refractivity contribution in [3.8, 4) is 5.75 Å². The van der Waals surface area contributed by atoms with Gasteiger partial charge in [-0.3, -0.25) is 0 Å². The van der Waals surface area contributed by atoms with Gasteiger partial charge < -0.3 is 10.4 Å². The van der Waals surface area contributed by atoms with Gasteiger partial charge in [0.25, 0.3) is 0 Å². The molecule has 0 radical (unpaired) electrons. The largest absolute Gasteiger partial charge is 0.507 e. The van der Waals surface area contributed by atoms with Crippen molar-refractivity contribution in [1.29, 1.82) is 0 Å². The van der Waals surface area contributed by atoms with E-state index in [4.69, 9.17) is 0 Å². The number of fused-ring (bicyclic) bond motifs is 1. The Morgan fingerprint density at radius 1 is 0.655 bits per heavy atom. The van der Waals surface area contributed by atoms with E-state index in [1.807, 2.05) is 12.1 Å². The highest BCUT2D eigenvalue weighted by Crippen LogP contribution is 2.74. The molecule has 1 atom stereocenters. The molecule has 3 heteroatoms. The topological polar surface area (TPSA) is 32.3 Å². The van der Waals surface area contributed by atoms with Crippen molar-refractivity contribution < 1.29 is 5.11 Å². The standard InChI is InChI=1S/C26H22NOP/c1-26(22-16-8-10-18-24(22)28)27-23-17-9-11-19-25(23)29(26,20-12-4-2-5-13-20)21-14-6-3-7-15-21/h2-19,27H,1H3/p+1. The van der Waals surface area contributed by atoms with Gasteiger partial charge in [-0.25, -0.2) is 0 Å². The first-order chi connectivity index (χ1) is 14.2. The van der Waals surface area contributed by atoms with Crippen LogP contribution in [0.1, 0.15) is 12.5 Å². The summed E-state index contributed by atoms with van der Waals surface area (Å²) in [7, 11) is -2.18. The fourth-order valence-electron chi connectivity index (χ4n) is 4.84. The number of hydrogen-bond acceptors (Lipinski definition) is 2. The summed E-state index contributed by atoms with van der Waals surface area (Å²) in [6.07, 6.45) is 0. The molecule has 4 aromatic rings. The van der Waals surface area contributed by atoms with Crippen molar-refractivity contribution in [3.05, 3.63) is 115 Å². The Kier molecular flexibility index (Phi) is 4.19. The fraction of sp³-hybridized carbons (Fsp3) is 0.0769. The molecule has 1 aliphatic rings. The summed E-state index contributed by atoms with van der Waals surface area (Å²) in [5, 5.41) is 18.2. The fourth-order valence-corrected chi connectivity index (χ4v) is 10.1. The van der Waals surface area contributed by atoms with Crippen LogP contribution in [-0.4, -0.2) is 5.11 Å². The minimum Gasteiger partial charge on any atom is -0.507 e. The van der Waals surface area contributed by atoms with Gasteiger partial charge in [0.1, 0.15) is 28.9 Å². The Hall–Kier alpha value is -3.09. The predicted octanol–water partition coefficient (Wildman–Crippen LogP) is 4.98. The third kappa shape index (κ3) is 2.46. The van der Waals surface area contributed by atoms with E-state index in [2.05, 4.69) is 103 Å². The van der Waals surface area contributed by atoms with Gasteiger partial charge in [0.2, 0.25) is 0 Å². The molecule has 0 saturated heterocycles. The lowest BCUT2D eigenvalue weighted by molar-refractivity contribution is 0.462. The maximum Gasteiger partial charge on any atom is 0.188 e. The van der Waals surface area contributed by atoms with Crippen LogP contribution in [0, 0.1) is 0 Å². The number of aromatic hydroxyl groups is 1. The second-order valence-electron chi connectivity index (χ2n) is 7.57. The third-order valence-electron chi connectivity index (χ3n) is 6.03. The molecule has 0 aliphatic carbocycles. The van der Waals surface area contributed by atoms with E-state index >= 15 is 0 Å². The molecule has 142 valence electrons. The first-order valence-corrected chi connectivity index (χ1v) is 11.6. The average Bonchev–Trinajstić information content (AvgIpc) is 3.05. The Morgan fingerprint density at radius 3 is 1.79 bits per heavy atom. The molecule has 0 bridgehead atoms. The molecule has 0 spiro atoms. The van der Waals surface area contributed by atoms with Crippen LogP contribution in [-0.2, 0) is 5.28 Å². The smallest absolute Gasteiger partial charge is 0.188 e. The van der Waals surface area contributed by atoms with E-state index in [-0.39, 0.29) is 0 Å². The van der Waals surface area contributed by atoms with Crippen LogP contribution in [0.15, 0.2) is 109 Å². The van der Waals surface area contributed by atoms with Crippen molar-refractivity contribution in [2.75, 3.05) is 5.32 Å². The molecule has 2 N–H and O–H groups in total. The second kappa shape index (κ2) is 6.76. The predicted molar refractivity (Wildman–Crippen MR) is 124 cm³/mol. The zero-order valence-corrected chi connectivity index (χ0v) is 17.2. The molecule has 0 aromatic heterocycles. The lowest BCUT2D eigenvalue weighted by Gasteiger charge is -2.37. The highest BCUT2D eigenvalue weighted by Gasteiger charge is 2.67. The normalized spacial score (nSPS) is 19.3. The Bertz CT molecular complexity index is 1120. The van der Waals surface area contributed by atoms with Crippen LogP contribution in [0.3, 0.4) is 0 Å². The quantitative estimate of drug-likeness (QED) is 0.479. The van der Waals surface area contributed by atoms with Crippen LogP contribution in [0.5, 0.6) is 5.75 Å². The number of rotatable bonds is 3. The number of phenolic OH excluding ortho intramolecular Hbond substituents is 1. The van der Waals surface area contributed by atoms with Gasteiger partial charge in [-0.1, -0.05) is 60.7 Å². The Balaban J connectivity index is 1.95. The minimum atomic E-state index is -2.18. The van der Waals surface area contributed by atoms with Crippen molar-refractivity contribution in [2.24, 2.45) is 0 Å². The number of hydrogen-bond donors (Lipinski definition) is 2. The molecule has 0 saturated carbocycles. The zero-order chi connectivity index (χ0) is 19.9. The van der Waals surface area contributed by atoms with Gasteiger partial charge in [0.05, 0.1) is 11.3 Å². The SMILES string of the molecule is CC1(c2ccccc2O)Nc2ccccc2[P+]1(c1ccccc1)c1ccccc1. The van der Waals surface area contributed by atoms with Gasteiger partial charge in [0, 0.05) is 0 Å². The van der Waals surface area contributed by atoms with Crippen LogP contribution < -0.4 is 21.2 Å². The molecule has 0 fully saturated rings. The summed E-state index contributed by atoms with van der Waals surface area (Å²) in [5.74, 6) is 0.326. The first kappa shape index (κ1) is 18.0. The van der Waals surface area contributed by atoms with E-state index in [1.165, 1.54) is 15.9 Å². The van der Waals surface area contributed by atoms with Gasteiger partial charge in [-0.15, -0.1) is 0 Å². The van der Waals surface area contributed by atoms with Crippen molar-refractivity contribution >= 4 is 28.9 Å². The summed E-state index contributed by atoms with van der Waals surface area (Å²) in [6, 6.07) is 37.9. The maximum absolute atomic E-state index is 10.9. The highest BCUT2D eigenvalue weighted by molar-refractivity contribution is 7.97. The van der Waals surface area contributed by atoms with Crippen molar-refractivity contribution in [1.82, 2.24) is 0 Å². The number of benzene rings is 4. The molecular formula is C26H23NOP+. The summed E-state index contributed by atoms with van der Waals surface area (Å²) in [6.45, 7) is 2.25. The van der Waals surface area contributed by atoms with E-state index in [1.54, 1.807) is 6.07 Å². The molecule has 4 aromatic carbocycles. The lowest BCUT2D eigenvalue weighted by atomic mass is 10.1. The number of para-hydroxylation sites is 2. The van der Waals surface area contributed by atoms with Crippen LogP contribution in [0.2, 0.25) is 0 Å². The number of nitrogens with one attached hydrogen (secondary N) is 1. The van der Waals surface area contributed by atoms with Gasteiger partial charge >= 0.3 is 0 Å². The minimum absolute atomic E-state index is 0.326. The van der Waals surface area contributed by atoms with E-state index < -0.39 is 12.5 Å². The first-order valence-electron chi connectivity index (χ1n) is 9.84. The maximum atomic E-state index is 10.9. The lowest BCUT2D eigenvalue weighted by Crippen LogP contribution is -2.42. The molecule has 0 amide bonds. The van der Waals surface area contributed by atoms with Crippen LogP contribution in [0.4, 0.5) is 5.69 Å². The molecular weight excluding hydrogens is 373 g/mol. The van der Waals surface area contributed by atoms with Gasteiger partial charge in [-0.2, -0.15) is 0 Å². The molecule has 2 nitrogen and oxygen atoms in total. The average molecular weight is 396 g/mol. The number of anilines is 1. The Labute approximate surface area is 172 Å². The summed E-state index contributed by atoms with van der Waals surface area (Å²) in [5.41, 5.74) is 2.07. The van der Waals surface area contributed by atoms with E-state index in [0.29, 0.717) is 5.75 Å². The molecule has 1 aliphatic heterocycles. The van der Waals surface area contributed by atoms with E-state index in [9.17, 15) is 5.11 Å². The van der Waals surface area contributed by atoms with Crippen LogP contribution in [0.25, 0.3) is 0 Å². The summed E-state index contributed by atoms with van der Waals surface area (Å²) in [4.78, 5) is 0. The Morgan fingerprint density at radius 2 is 1.17 bits per heavy atom. The molecule has 5 rings (SSSR count). The van der Waals surface area contributed by atoms with Gasteiger partial charge in [-0.05, 0) is 55.5 Å². The highest BCUT2D eigenvalue weighted by atomic mass is 31.2. The summed E-state index contributed by atoms with van der Waals surface area (Å²) < 4.78 is 0. The third-order valence-corrected chi connectivity index (χ3v) is 11.0. The summed E-state index contributed by atoms with van der Waals surface area (Å²) >= 11 is 0.